The number of carboxylic acids is 1. The van der Waals surface area contributed by atoms with Gasteiger partial charge in [-0.1, -0.05) is 13.3 Å². The van der Waals surface area contributed by atoms with E-state index in [1.165, 1.54) is 0 Å². The normalized spacial score (nSPS) is 11.4. The van der Waals surface area contributed by atoms with Gasteiger partial charge in [0, 0.05) is 13.0 Å². The van der Waals surface area contributed by atoms with Crippen LogP contribution in [0.15, 0.2) is 0 Å². The number of rotatable bonds is 9. The van der Waals surface area contributed by atoms with Gasteiger partial charge in [-0.05, 0) is 5.92 Å². The molecule has 0 bridgehead atoms. The monoisotopic (exact) mass is 288 g/mol. The van der Waals surface area contributed by atoms with Crippen LogP contribution in [0.1, 0.15) is 19.8 Å². The summed E-state index contributed by atoms with van der Waals surface area (Å²) in [6, 6.07) is -0.688. The number of nitrogens with two attached hydrogens (primary N) is 2. The summed E-state index contributed by atoms with van der Waals surface area (Å²) in [5.74, 6) is -2.75. The summed E-state index contributed by atoms with van der Waals surface area (Å²) in [5.41, 5.74) is 9.93. The topological polar surface area (TPSA) is 156 Å². The highest BCUT2D eigenvalue weighted by Crippen LogP contribution is 2.06. The lowest BCUT2D eigenvalue weighted by atomic mass is 10.0. The Morgan fingerprint density at radius 3 is 2.00 bits per heavy atom. The molecule has 9 nitrogen and oxygen atoms in total. The third kappa shape index (κ3) is 7.90. The van der Waals surface area contributed by atoms with E-state index < -0.39 is 36.9 Å². The molecule has 20 heavy (non-hydrogen) atoms. The van der Waals surface area contributed by atoms with E-state index in [9.17, 15) is 19.2 Å². The number of aliphatic carboxylic acids is 1. The van der Waals surface area contributed by atoms with Gasteiger partial charge in [-0.25, -0.2) is 4.79 Å². The number of nitrogens with zero attached hydrogens (tertiary/aromatic N) is 1. The lowest BCUT2D eigenvalue weighted by Gasteiger charge is -2.21. The molecule has 0 aromatic carbocycles. The number of carbonyl (C=O) groups is 4. The minimum Gasteiger partial charge on any atom is -0.481 e. The number of hydrogen-bond acceptors (Lipinski definition) is 4. The van der Waals surface area contributed by atoms with Gasteiger partial charge in [-0.2, -0.15) is 0 Å². The van der Waals surface area contributed by atoms with Gasteiger partial charge in [0.2, 0.25) is 11.8 Å². The fourth-order valence-corrected chi connectivity index (χ4v) is 1.53. The lowest BCUT2D eigenvalue weighted by molar-refractivity contribution is -0.138. The Hall–Kier alpha value is -2.32. The minimum atomic E-state index is -0.961. The number of nitrogens with one attached hydrogen (secondary N) is 1. The van der Waals surface area contributed by atoms with Crippen LogP contribution in [0.5, 0.6) is 0 Å². The second kappa shape index (κ2) is 8.73. The summed E-state index contributed by atoms with van der Waals surface area (Å²) < 4.78 is 0. The maximum atomic E-state index is 11.8. The fourth-order valence-electron chi connectivity index (χ4n) is 1.53. The van der Waals surface area contributed by atoms with Crippen LogP contribution in [0.2, 0.25) is 0 Å². The highest BCUT2D eigenvalue weighted by atomic mass is 16.4. The molecular weight excluding hydrogens is 268 g/mol. The van der Waals surface area contributed by atoms with Crippen molar-refractivity contribution >= 4 is 23.8 Å². The zero-order valence-corrected chi connectivity index (χ0v) is 11.3. The predicted octanol–water partition coefficient (Wildman–Crippen LogP) is -1.53. The molecule has 0 aliphatic rings. The summed E-state index contributed by atoms with van der Waals surface area (Å²) in [6.07, 6.45) is 0.487. The maximum absolute atomic E-state index is 11.8. The van der Waals surface area contributed by atoms with E-state index in [4.69, 9.17) is 16.6 Å². The number of urea groups is 1. The quantitative estimate of drug-likeness (QED) is 0.405. The van der Waals surface area contributed by atoms with Crippen molar-refractivity contribution in [1.82, 2.24) is 10.2 Å². The Morgan fingerprint density at radius 1 is 1.15 bits per heavy atom. The fraction of sp³-hybridized carbons (Fsp3) is 0.636. The molecule has 114 valence electrons. The van der Waals surface area contributed by atoms with Crippen LogP contribution in [-0.4, -0.2) is 53.5 Å². The highest BCUT2D eigenvalue weighted by molar-refractivity contribution is 5.87. The first kappa shape index (κ1) is 17.7. The van der Waals surface area contributed by atoms with E-state index in [2.05, 4.69) is 5.32 Å². The number of hydrogen-bond donors (Lipinski definition) is 4. The molecule has 1 atom stereocenters. The molecule has 6 N–H and O–H groups in total. The maximum Gasteiger partial charge on any atom is 0.318 e. The Labute approximate surface area is 116 Å². The molecular formula is C11H20N4O5. The van der Waals surface area contributed by atoms with E-state index in [0.29, 0.717) is 6.42 Å². The van der Waals surface area contributed by atoms with Crippen molar-refractivity contribution in [2.45, 2.75) is 19.8 Å². The van der Waals surface area contributed by atoms with Crippen LogP contribution in [0.3, 0.4) is 0 Å². The zero-order chi connectivity index (χ0) is 15.7. The number of carbonyl (C=O) groups excluding carboxylic acids is 3. The van der Waals surface area contributed by atoms with Crippen LogP contribution in [0, 0.1) is 5.92 Å². The number of primary amides is 2. The molecule has 0 rings (SSSR count). The Kier molecular flexibility index (Phi) is 7.71. The molecule has 0 saturated carbocycles. The van der Waals surface area contributed by atoms with E-state index in [1.807, 2.05) is 0 Å². The molecule has 0 aliphatic carbocycles. The molecule has 0 spiro atoms. The molecule has 0 saturated heterocycles. The van der Waals surface area contributed by atoms with Crippen LogP contribution in [0.25, 0.3) is 0 Å². The number of amides is 4. The van der Waals surface area contributed by atoms with Crippen molar-refractivity contribution in [1.29, 1.82) is 0 Å². The molecule has 0 heterocycles. The minimum absolute atomic E-state index is 0.0809. The van der Waals surface area contributed by atoms with Crippen molar-refractivity contribution < 1.29 is 24.3 Å². The van der Waals surface area contributed by atoms with Gasteiger partial charge >= 0.3 is 12.0 Å². The molecule has 0 aliphatic heterocycles. The second-order valence-electron chi connectivity index (χ2n) is 4.35. The van der Waals surface area contributed by atoms with E-state index in [-0.39, 0.29) is 18.9 Å². The van der Waals surface area contributed by atoms with Gasteiger partial charge in [-0.15, -0.1) is 0 Å². The van der Waals surface area contributed by atoms with Crippen LogP contribution < -0.4 is 16.8 Å². The highest BCUT2D eigenvalue weighted by Gasteiger charge is 2.19. The molecule has 1 unspecified atom stereocenters. The molecule has 4 amide bonds. The van der Waals surface area contributed by atoms with E-state index >= 15 is 0 Å². The van der Waals surface area contributed by atoms with Gasteiger partial charge in [0.25, 0.3) is 0 Å². The summed E-state index contributed by atoms with van der Waals surface area (Å²) in [7, 11) is 0. The number of carboxylic acid groups (broad SMARTS) is 1. The molecule has 0 radical (unpaired) electrons. The molecule has 9 heteroatoms. The Morgan fingerprint density at radius 2 is 1.65 bits per heavy atom. The Balaban J connectivity index is 4.46. The van der Waals surface area contributed by atoms with Gasteiger partial charge in [0.05, 0.1) is 0 Å². The van der Waals surface area contributed by atoms with Gasteiger partial charge in [-0.3, -0.25) is 14.4 Å². The summed E-state index contributed by atoms with van der Waals surface area (Å²) >= 11 is 0. The largest absolute Gasteiger partial charge is 0.481 e. The summed E-state index contributed by atoms with van der Waals surface area (Å²) in [5, 5.41) is 11.1. The van der Waals surface area contributed by atoms with E-state index in [1.54, 1.807) is 6.92 Å². The lowest BCUT2D eigenvalue weighted by Crippen LogP contribution is -2.48. The van der Waals surface area contributed by atoms with Crippen LogP contribution >= 0.6 is 0 Å². The smallest absolute Gasteiger partial charge is 0.318 e. The second-order valence-corrected chi connectivity index (χ2v) is 4.35. The van der Waals surface area contributed by atoms with Gasteiger partial charge in [0.15, 0.2) is 0 Å². The van der Waals surface area contributed by atoms with Crippen LogP contribution in [0.4, 0.5) is 4.79 Å². The van der Waals surface area contributed by atoms with Crippen molar-refractivity contribution in [3.8, 4) is 0 Å². The van der Waals surface area contributed by atoms with Gasteiger partial charge in [0.1, 0.15) is 13.1 Å². The first-order valence-electron chi connectivity index (χ1n) is 6.07. The predicted molar refractivity (Wildman–Crippen MR) is 69.4 cm³/mol. The SMILES string of the molecule is CCC(CNC(=O)N(CC(N)=O)CC(N)=O)CC(=O)O. The van der Waals surface area contributed by atoms with Crippen molar-refractivity contribution in [2.75, 3.05) is 19.6 Å². The zero-order valence-electron chi connectivity index (χ0n) is 11.3. The summed E-state index contributed by atoms with van der Waals surface area (Å²) in [6.45, 7) is 1.04. The summed E-state index contributed by atoms with van der Waals surface area (Å²) in [4.78, 5) is 44.9. The Bertz CT molecular complexity index is 369. The molecule has 0 aromatic rings. The van der Waals surface area contributed by atoms with Crippen molar-refractivity contribution in [3.05, 3.63) is 0 Å². The van der Waals surface area contributed by atoms with Crippen molar-refractivity contribution in [3.63, 3.8) is 0 Å². The molecule has 0 aromatic heterocycles. The van der Waals surface area contributed by atoms with Crippen LogP contribution in [-0.2, 0) is 14.4 Å². The van der Waals surface area contributed by atoms with E-state index in [0.717, 1.165) is 4.90 Å². The molecule has 0 fully saturated rings. The first-order valence-corrected chi connectivity index (χ1v) is 6.07. The average molecular weight is 288 g/mol. The van der Waals surface area contributed by atoms with Gasteiger partial charge < -0.3 is 26.8 Å². The van der Waals surface area contributed by atoms with Crippen molar-refractivity contribution in [2.24, 2.45) is 17.4 Å². The first-order chi connectivity index (χ1) is 9.26. The third-order valence-corrected chi connectivity index (χ3v) is 2.56. The standard InChI is InChI=1S/C11H20N4O5/c1-2-7(3-10(18)19)4-14-11(20)15(5-8(12)16)6-9(13)17/h7H,2-6H2,1H3,(H2,12,16)(H2,13,17)(H,14,20)(H,18,19). The average Bonchev–Trinajstić information content (AvgIpc) is 2.31. The third-order valence-electron chi connectivity index (χ3n) is 2.56.